The van der Waals surface area contributed by atoms with Crippen molar-refractivity contribution < 1.29 is 0 Å². The first-order chi connectivity index (χ1) is 11.9. The third-order valence-corrected chi connectivity index (χ3v) is 5.87. The Hall–Kier alpha value is -2.39. The summed E-state index contributed by atoms with van der Waals surface area (Å²) in [5, 5.41) is 8.18. The molecule has 0 fully saturated rings. The SMILES string of the molecule is c1ccc(C(SCC2N=N2)(c2ccccc2)c2ccccc2)cc1. The monoisotopic (exact) mass is 330 g/mol. The Labute approximate surface area is 146 Å². The van der Waals surface area contributed by atoms with Gasteiger partial charge in [-0.25, -0.2) is 0 Å². The van der Waals surface area contributed by atoms with Gasteiger partial charge < -0.3 is 0 Å². The van der Waals surface area contributed by atoms with Gasteiger partial charge in [0.25, 0.3) is 0 Å². The van der Waals surface area contributed by atoms with Gasteiger partial charge in [0.05, 0.1) is 4.75 Å². The fourth-order valence-corrected chi connectivity index (χ4v) is 4.52. The molecule has 0 saturated heterocycles. The fraction of sp³-hybridized carbons (Fsp3) is 0.143. The van der Waals surface area contributed by atoms with Gasteiger partial charge >= 0.3 is 0 Å². The van der Waals surface area contributed by atoms with Crippen molar-refractivity contribution in [2.75, 3.05) is 5.75 Å². The van der Waals surface area contributed by atoms with Crippen LogP contribution in [0, 0.1) is 0 Å². The van der Waals surface area contributed by atoms with Crippen LogP contribution in [0.15, 0.2) is 101 Å². The molecule has 0 radical (unpaired) electrons. The Balaban J connectivity index is 1.91. The summed E-state index contributed by atoms with van der Waals surface area (Å²) in [6.45, 7) is 0. The van der Waals surface area contributed by atoms with Crippen molar-refractivity contribution in [1.29, 1.82) is 0 Å². The minimum atomic E-state index is -0.253. The van der Waals surface area contributed by atoms with Gasteiger partial charge in [0.1, 0.15) is 0 Å². The molecule has 0 saturated carbocycles. The third kappa shape index (κ3) is 2.87. The Bertz CT molecular complexity index is 714. The number of rotatable bonds is 6. The molecule has 3 heteroatoms. The number of thioether (sulfide) groups is 1. The van der Waals surface area contributed by atoms with Crippen LogP contribution in [0.1, 0.15) is 16.7 Å². The van der Waals surface area contributed by atoms with E-state index in [2.05, 4.69) is 101 Å². The maximum atomic E-state index is 4.09. The van der Waals surface area contributed by atoms with E-state index in [0.29, 0.717) is 0 Å². The molecule has 0 atom stereocenters. The van der Waals surface area contributed by atoms with E-state index in [1.54, 1.807) is 0 Å². The first-order valence-corrected chi connectivity index (χ1v) is 9.09. The highest BCUT2D eigenvalue weighted by Crippen LogP contribution is 2.49. The molecule has 0 unspecified atom stereocenters. The third-order valence-electron chi connectivity index (χ3n) is 4.27. The minimum Gasteiger partial charge on any atom is -0.162 e. The first-order valence-electron chi connectivity index (χ1n) is 8.10. The summed E-state index contributed by atoms with van der Waals surface area (Å²) in [6.07, 6.45) is 0.144. The molecule has 118 valence electrons. The van der Waals surface area contributed by atoms with Gasteiger partial charge in [0, 0.05) is 5.75 Å². The van der Waals surface area contributed by atoms with Gasteiger partial charge in [-0.05, 0) is 16.7 Å². The molecular formula is C21H18N2S. The topological polar surface area (TPSA) is 24.7 Å². The lowest BCUT2D eigenvalue weighted by Gasteiger charge is -2.35. The van der Waals surface area contributed by atoms with Crippen molar-refractivity contribution in [2.24, 2.45) is 10.2 Å². The van der Waals surface area contributed by atoms with Crippen LogP contribution in [-0.4, -0.2) is 11.9 Å². The predicted molar refractivity (Wildman–Crippen MR) is 100 cm³/mol. The Morgan fingerprint density at radius 3 is 1.33 bits per heavy atom. The lowest BCUT2D eigenvalue weighted by molar-refractivity contribution is 0.889. The van der Waals surface area contributed by atoms with Crippen LogP contribution < -0.4 is 0 Å². The molecule has 0 bridgehead atoms. The van der Waals surface area contributed by atoms with E-state index in [0.717, 1.165) is 5.75 Å². The summed E-state index contributed by atoms with van der Waals surface area (Å²) in [5.74, 6) is 0.888. The highest BCUT2D eigenvalue weighted by molar-refractivity contribution is 8.00. The molecule has 0 aliphatic carbocycles. The van der Waals surface area contributed by atoms with Gasteiger partial charge in [-0.2, -0.15) is 10.2 Å². The summed E-state index contributed by atoms with van der Waals surface area (Å²) < 4.78 is -0.253. The standard InChI is InChI=1S/C21H18N2S/c1-4-10-17(11-5-1)21(24-16-20-22-23-20,18-12-6-2-7-13-18)19-14-8-3-9-15-19/h1-15,20H,16H2. The van der Waals surface area contributed by atoms with Gasteiger partial charge in [-0.15, -0.1) is 11.8 Å². The van der Waals surface area contributed by atoms with E-state index in [1.807, 2.05) is 11.8 Å². The van der Waals surface area contributed by atoms with Crippen molar-refractivity contribution in [2.45, 2.75) is 10.9 Å². The average Bonchev–Trinajstić information content (AvgIpc) is 3.50. The van der Waals surface area contributed by atoms with Crippen LogP contribution in [0.25, 0.3) is 0 Å². The Morgan fingerprint density at radius 2 is 1.00 bits per heavy atom. The van der Waals surface area contributed by atoms with Gasteiger partial charge in [0.2, 0.25) is 0 Å². The van der Waals surface area contributed by atoms with Crippen molar-refractivity contribution in [3.8, 4) is 0 Å². The summed E-state index contributed by atoms with van der Waals surface area (Å²) in [6, 6.07) is 32.2. The van der Waals surface area contributed by atoms with Crippen molar-refractivity contribution >= 4 is 11.8 Å². The van der Waals surface area contributed by atoms with Crippen molar-refractivity contribution in [3.05, 3.63) is 108 Å². The Morgan fingerprint density at radius 1 is 0.625 bits per heavy atom. The van der Waals surface area contributed by atoms with Crippen molar-refractivity contribution in [1.82, 2.24) is 0 Å². The van der Waals surface area contributed by atoms with Gasteiger partial charge in [-0.1, -0.05) is 91.0 Å². The molecule has 1 aliphatic rings. The maximum absolute atomic E-state index is 4.09. The molecule has 0 aromatic heterocycles. The smallest absolute Gasteiger partial charge is 0.162 e. The molecule has 2 nitrogen and oxygen atoms in total. The maximum Gasteiger partial charge on any atom is 0.190 e. The normalized spacial score (nSPS) is 13.8. The second-order valence-electron chi connectivity index (χ2n) is 5.80. The number of hydrogen-bond acceptors (Lipinski definition) is 3. The van der Waals surface area contributed by atoms with E-state index in [-0.39, 0.29) is 10.9 Å². The molecule has 4 rings (SSSR count). The predicted octanol–water partition coefficient (Wildman–Crippen LogP) is 5.50. The van der Waals surface area contributed by atoms with E-state index in [1.165, 1.54) is 16.7 Å². The first kappa shape index (κ1) is 15.2. The average molecular weight is 330 g/mol. The van der Waals surface area contributed by atoms with Crippen LogP contribution in [0.3, 0.4) is 0 Å². The van der Waals surface area contributed by atoms with Crippen molar-refractivity contribution in [3.63, 3.8) is 0 Å². The summed E-state index contributed by atoms with van der Waals surface area (Å²) >= 11 is 1.91. The van der Waals surface area contributed by atoms with Crippen LogP contribution >= 0.6 is 11.8 Å². The zero-order valence-electron chi connectivity index (χ0n) is 13.2. The number of hydrogen-bond donors (Lipinski definition) is 0. The molecule has 0 N–H and O–H groups in total. The highest BCUT2D eigenvalue weighted by Gasteiger charge is 2.38. The number of nitrogens with zero attached hydrogens (tertiary/aromatic N) is 2. The summed E-state index contributed by atoms with van der Waals surface area (Å²) in [5.41, 5.74) is 3.86. The van der Waals surface area contributed by atoms with Crippen LogP contribution in [0.4, 0.5) is 0 Å². The van der Waals surface area contributed by atoms with E-state index < -0.39 is 0 Å². The second-order valence-corrected chi connectivity index (χ2v) is 7.04. The zero-order valence-corrected chi connectivity index (χ0v) is 14.1. The lowest BCUT2D eigenvalue weighted by atomic mass is 9.84. The summed E-state index contributed by atoms with van der Waals surface area (Å²) in [4.78, 5) is 0. The highest BCUT2D eigenvalue weighted by atomic mass is 32.2. The molecule has 1 heterocycles. The van der Waals surface area contributed by atoms with E-state index >= 15 is 0 Å². The summed E-state index contributed by atoms with van der Waals surface area (Å²) in [7, 11) is 0. The number of benzene rings is 3. The second kappa shape index (κ2) is 6.62. The fourth-order valence-electron chi connectivity index (χ4n) is 3.08. The van der Waals surface area contributed by atoms with Gasteiger partial charge in [0.15, 0.2) is 6.17 Å². The zero-order chi connectivity index (χ0) is 16.2. The molecule has 3 aromatic rings. The molecule has 0 spiro atoms. The molecule has 0 amide bonds. The van der Waals surface area contributed by atoms with Gasteiger partial charge in [-0.3, -0.25) is 0 Å². The van der Waals surface area contributed by atoms with Crippen LogP contribution in [0.2, 0.25) is 0 Å². The van der Waals surface area contributed by atoms with E-state index in [4.69, 9.17) is 0 Å². The van der Waals surface area contributed by atoms with Crippen LogP contribution in [0.5, 0.6) is 0 Å². The quantitative estimate of drug-likeness (QED) is 0.547. The van der Waals surface area contributed by atoms with Crippen LogP contribution in [-0.2, 0) is 4.75 Å². The molecule has 3 aromatic carbocycles. The largest absolute Gasteiger partial charge is 0.190 e. The minimum absolute atomic E-state index is 0.144. The lowest BCUT2D eigenvalue weighted by Crippen LogP contribution is -2.26. The molecule has 24 heavy (non-hydrogen) atoms. The Kier molecular flexibility index (Phi) is 4.18. The van der Waals surface area contributed by atoms with E-state index in [9.17, 15) is 0 Å². The molecular weight excluding hydrogens is 312 g/mol. The molecule has 1 aliphatic heterocycles.